The molecule has 60 heavy (non-hydrogen) atoms. The SMILES string of the molecule is CC1(Cc2ccc3[nH]nc(-c4cc(N5CCN(CC6CCCCC6)CC5)ncn4)c3c2)CC1.COc1c(N2CCC(O)CC2)ccc2c1CN(C1CCC(=O)NC1=O)C2=O. The van der Waals surface area contributed by atoms with Crippen LogP contribution < -0.4 is 19.9 Å². The second-order valence-corrected chi connectivity index (χ2v) is 18.3. The average Bonchev–Trinajstić information content (AvgIpc) is 3.68. The summed E-state index contributed by atoms with van der Waals surface area (Å²) in [5.74, 6) is 1.65. The van der Waals surface area contributed by atoms with Crippen molar-refractivity contribution in [1.82, 2.24) is 35.3 Å². The third-order valence-corrected chi connectivity index (χ3v) is 13.8. The number of benzene rings is 2. The Hall–Kier alpha value is -5.08. The van der Waals surface area contributed by atoms with Crippen LogP contribution in [-0.4, -0.2) is 118 Å². The maximum Gasteiger partial charge on any atom is 0.255 e. The molecule has 318 valence electrons. The number of piperidine rings is 2. The van der Waals surface area contributed by atoms with Gasteiger partial charge in [-0.25, -0.2) is 9.97 Å². The number of carbonyl (C=O) groups is 3. The molecule has 2 aromatic heterocycles. The first-order valence-corrected chi connectivity index (χ1v) is 22.2. The zero-order valence-corrected chi connectivity index (χ0v) is 35.1. The van der Waals surface area contributed by atoms with Crippen LogP contribution in [0.2, 0.25) is 0 Å². The fourth-order valence-corrected chi connectivity index (χ4v) is 9.98. The number of methoxy groups -OCH3 is 1. The summed E-state index contributed by atoms with van der Waals surface area (Å²) in [6, 6.07) is 11.9. The van der Waals surface area contributed by atoms with Crippen LogP contribution in [0.1, 0.15) is 99.0 Å². The largest absolute Gasteiger partial charge is 0.494 e. The van der Waals surface area contributed by atoms with Crippen LogP contribution >= 0.6 is 0 Å². The number of piperazine rings is 1. The molecule has 4 aromatic rings. The van der Waals surface area contributed by atoms with Crippen molar-refractivity contribution >= 4 is 40.1 Å². The molecule has 2 aliphatic carbocycles. The Balaban J connectivity index is 0.000000158. The highest BCUT2D eigenvalue weighted by Crippen LogP contribution is 2.48. The van der Waals surface area contributed by atoms with Gasteiger partial charge in [0.15, 0.2) is 0 Å². The molecule has 0 spiro atoms. The minimum Gasteiger partial charge on any atom is -0.494 e. The van der Waals surface area contributed by atoms with Crippen molar-refractivity contribution in [2.75, 3.05) is 62.7 Å². The molecule has 5 fully saturated rings. The molecule has 0 radical (unpaired) electrons. The molecular weight excluding hydrogens is 759 g/mol. The second-order valence-electron chi connectivity index (χ2n) is 18.3. The lowest BCUT2D eigenvalue weighted by Crippen LogP contribution is -2.52. The van der Waals surface area contributed by atoms with Crippen molar-refractivity contribution in [3.63, 3.8) is 0 Å². The summed E-state index contributed by atoms with van der Waals surface area (Å²) >= 11 is 0. The molecule has 3 amide bonds. The Morgan fingerprint density at radius 1 is 0.883 bits per heavy atom. The minimum atomic E-state index is -0.638. The van der Waals surface area contributed by atoms with Gasteiger partial charge < -0.3 is 24.5 Å². The van der Waals surface area contributed by atoms with Gasteiger partial charge in [0, 0.05) is 74.8 Å². The molecule has 3 saturated heterocycles. The monoisotopic (exact) mass is 817 g/mol. The highest BCUT2D eigenvalue weighted by molar-refractivity contribution is 6.06. The van der Waals surface area contributed by atoms with Gasteiger partial charge in [-0.05, 0) is 92.5 Å². The Morgan fingerprint density at radius 2 is 1.67 bits per heavy atom. The van der Waals surface area contributed by atoms with Crippen molar-refractivity contribution in [2.24, 2.45) is 11.3 Å². The van der Waals surface area contributed by atoms with Gasteiger partial charge in [0.1, 0.15) is 29.6 Å². The third-order valence-electron chi connectivity index (χ3n) is 13.8. The van der Waals surface area contributed by atoms with E-state index in [1.807, 2.05) is 6.07 Å². The van der Waals surface area contributed by atoms with Crippen LogP contribution in [0.4, 0.5) is 11.5 Å². The van der Waals surface area contributed by atoms with E-state index in [-0.39, 0.29) is 30.9 Å². The van der Waals surface area contributed by atoms with Crippen LogP contribution in [0.25, 0.3) is 22.3 Å². The number of fused-ring (bicyclic) bond motifs is 2. The molecular formula is C46H59N9O5. The standard InChI is InChI=1S/C27H36N6.C19H23N3O5/c1-27(9-10-27)17-21-7-8-23-22(15-21)26(31-30-23)24-16-25(29-19-28-24)33-13-11-32(12-14-33)18-20-5-3-2-4-6-20;1-27-17-13-10-22(15-4-5-16(24)20-18(15)25)19(26)12(13)2-3-14(17)21-8-6-11(23)7-9-21/h7-8,15-16,19-20H,2-6,9-14,17-18H2,1H3,(H,30,31);2-3,11,15,23H,4-10H2,1H3,(H,20,24,25). The number of anilines is 2. The van der Waals surface area contributed by atoms with E-state index in [0.29, 0.717) is 36.0 Å². The molecule has 14 nitrogen and oxygen atoms in total. The lowest BCUT2D eigenvalue weighted by atomic mass is 9.89. The first-order valence-electron chi connectivity index (χ1n) is 22.2. The molecule has 4 aliphatic heterocycles. The van der Waals surface area contributed by atoms with Gasteiger partial charge in [0.05, 0.1) is 36.7 Å². The van der Waals surface area contributed by atoms with Crippen molar-refractivity contribution in [3.05, 3.63) is 59.4 Å². The number of nitrogens with zero attached hydrogens (tertiary/aromatic N) is 7. The number of H-pyrrole nitrogens is 1. The summed E-state index contributed by atoms with van der Waals surface area (Å²) in [6.45, 7) is 9.73. The number of aliphatic hydroxyl groups excluding tert-OH is 1. The highest BCUT2D eigenvalue weighted by Gasteiger charge is 2.41. The number of hydrogen-bond acceptors (Lipinski definition) is 11. The average molecular weight is 818 g/mol. The molecule has 6 heterocycles. The zero-order valence-electron chi connectivity index (χ0n) is 35.1. The molecule has 3 N–H and O–H groups in total. The van der Waals surface area contributed by atoms with Gasteiger partial charge in [0.25, 0.3) is 5.91 Å². The molecule has 14 heteroatoms. The molecule has 1 atom stereocenters. The molecule has 1 unspecified atom stereocenters. The minimum absolute atomic E-state index is 0.210. The zero-order chi connectivity index (χ0) is 41.4. The van der Waals surface area contributed by atoms with Crippen molar-refractivity contribution in [3.8, 4) is 17.1 Å². The maximum absolute atomic E-state index is 12.9. The van der Waals surface area contributed by atoms with Crippen molar-refractivity contribution in [2.45, 2.75) is 103 Å². The Morgan fingerprint density at radius 3 is 2.40 bits per heavy atom. The Labute approximate surface area is 352 Å². The normalized spacial score (nSPS) is 22.4. The molecule has 0 bridgehead atoms. The lowest BCUT2D eigenvalue weighted by molar-refractivity contribution is -0.136. The number of nitrogens with one attached hydrogen (secondary N) is 2. The van der Waals surface area contributed by atoms with E-state index in [9.17, 15) is 19.5 Å². The number of aromatic nitrogens is 4. The van der Waals surface area contributed by atoms with Gasteiger partial charge in [-0.1, -0.05) is 32.3 Å². The predicted molar refractivity (Wildman–Crippen MR) is 230 cm³/mol. The van der Waals surface area contributed by atoms with E-state index in [1.54, 1.807) is 19.5 Å². The highest BCUT2D eigenvalue weighted by atomic mass is 16.5. The van der Waals surface area contributed by atoms with E-state index in [2.05, 4.69) is 71.4 Å². The fraction of sp³-hybridized carbons (Fsp3) is 0.565. The molecule has 10 rings (SSSR count). The number of carbonyl (C=O) groups excluding carboxylic acids is 3. The number of aromatic amines is 1. The van der Waals surface area contributed by atoms with E-state index in [0.717, 1.165) is 85.6 Å². The van der Waals surface area contributed by atoms with Gasteiger partial charge in [-0.2, -0.15) is 5.10 Å². The van der Waals surface area contributed by atoms with Crippen molar-refractivity contribution in [1.29, 1.82) is 0 Å². The van der Waals surface area contributed by atoms with Gasteiger partial charge in [-0.3, -0.25) is 29.7 Å². The summed E-state index contributed by atoms with van der Waals surface area (Å²) in [5, 5.41) is 21.1. The number of amides is 3. The number of aliphatic hydroxyl groups is 1. The summed E-state index contributed by atoms with van der Waals surface area (Å²) < 4.78 is 5.66. The number of hydrogen-bond donors (Lipinski definition) is 3. The predicted octanol–water partition coefficient (Wildman–Crippen LogP) is 5.48. The Kier molecular flexibility index (Phi) is 11.5. The smallest absolute Gasteiger partial charge is 0.255 e. The van der Waals surface area contributed by atoms with E-state index < -0.39 is 11.9 Å². The van der Waals surface area contributed by atoms with Gasteiger partial charge >= 0.3 is 0 Å². The molecule has 2 aromatic carbocycles. The maximum atomic E-state index is 12.9. The topological polar surface area (TPSA) is 160 Å². The first-order chi connectivity index (χ1) is 29.1. The van der Waals surface area contributed by atoms with Crippen LogP contribution in [0.15, 0.2) is 42.7 Å². The van der Waals surface area contributed by atoms with E-state index in [4.69, 9.17) is 4.74 Å². The van der Waals surface area contributed by atoms with Gasteiger partial charge in [0.2, 0.25) is 11.8 Å². The van der Waals surface area contributed by atoms with E-state index in [1.165, 1.54) is 67.3 Å². The summed E-state index contributed by atoms with van der Waals surface area (Å²) in [4.78, 5) is 54.5. The Bertz CT molecular complexity index is 2220. The van der Waals surface area contributed by atoms with E-state index >= 15 is 0 Å². The third kappa shape index (κ3) is 8.58. The quantitative estimate of drug-likeness (QED) is 0.184. The van der Waals surface area contributed by atoms with Gasteiger partial charge in [-0.15, -0.1) is 0 Å². The fourth-order valence-electron chi connectivity index (χ4n) is 9.98. The molecule has 6 aliphatic rings. The number of imide groups is 1. The summed E-state index contributed by atoms with van der Waals surface area (Å²) in [6.07, 6.45) is 14.4. The van der Waals surface area contributed by atoms with Crippen LogP contribution in [0, 0.1) is 11.3 Å². The summed E-state index contributed by atoms with van der Waals surface area (Å²) in [7, 11) is 1.58. The molecule has 2 saturated carbocycles. The van der Waals surface area contributed by atoms with Crippen LogP contribution in [-0.2, 0) is 22.6 Å². The number of rotatable bonds is 9. The van der Waals surface area contributed by atoms with Crippen LogP contribution in [0.5, 0.6) is 5.75 Å². The number of ether oxygens (including phenoxy) is 1. The van der Waals surface area contributed by atoms with Crippen molar-refractivity contribution < 1.29 is 24.2 Å². The summed E-state index contributed by atoms with van der Waals surface area (Å²) in [5.41, 5.74) is 7.03. The second kappa shape index (κ2) is 17.1. The lowest BCUT2D eigenvalue weighted by Gasteiger charge is -2.37. The van der Waals surface area contributed by atoms with Crippen LogP contribution in [0.3, 0.4) is 0 Å². The first kappa shape index (κ1) is 40.3.